The number of aliphatic hydroxyl groups is 1. The molecule has 30 heavy (non-hydrogen) atoms. The number of nitrogens with zero attached hydrogens (tertiary/aromatic N) is 2. The number of fused-ring (bicyclic) bond motifs is 3. The normalized spacial score (nSPS) is 17.6. The number of piperidine rings is 1. The van der Waals surface area contributed by atoms with E-state index in [0.29, 0.717) is 12.1 Å². The first-order valence-electron chi connectivity index (χ1n) is 10.9. The molecule has 1 aliphatic heterocycles. The summed E-state index contributed by atoms with van der Waals surface area (Å²) < 4.78 is 1.84. The molecule has 1 saturated heterocycles. The van der Waals surface area contributed by atoms with Crippen molar-refractivity contribution in [1.82, 2.24) is 9.47 Å². The van der Waals surface area contributed by atoms with Crippen LogP contribution in [0.5, 0.6) is 0 Å². The molecule has 0 amide bonds. The predicted octanol–water partition coefficient (Wildman–Crippen LogP) is 3.94. The summed E-state index contributed by atoms with van der Waals surface area (Å²) in [6.07, 6.45) is 7.95. The van der Waals surface area contributed by atoms with Gasteiger partial charge in [-0.3, -0.25) is 4.79 Å². The van der Waals surface area contributed by atoms with Gasteiger partial charge in [-0.05, 0) is 67.5 Å². The van der Waals surface area contributed by atoms with Crippen molar-refractivity contribution >= 4 is 17.0 Å². The number of benzene rings is 2. The first-order valence-corrected chi connectivity index (χ1v) is 10.9. The standard InChI is InChI=1S/C26H28N2O2/c29-19-22-18-21-7-2-4-9-24(21)28(25(22)30)15-5-14-27-16-12-26(13-17-27)11-10-20-6-1-3-8-23(20)26/h1-4,6-11,18,29H,5,12-17,19H2. The van der Waals surface area contributed by atoms with E-state index in [1.807, 2.05) is 34.9 Å². The minimum absolute atomic E-state index is 0.0681. The van der Waals surface area contributed by atoms with Crippen molar-refractivity contribution in [3.05, 3.63) is 87.7 Å². The van der Waals surface area contributed by atoms with Gasteiger partial charge in [-0.1, -0.05) is 54.6 Å². The SMILES string of the molecule is O=c1c(CO)cc2ccccc2n1CCCN1CCC2(C=Cc3ccccc32)CC1. The number of hydrogen-bond acceptors (Lipinski definition) is 3. The summed E-state index contributed by atoms with van der Waals surface area (Å²) in [6.45, 7) is 3.63. The molecular weight excluding hydrogens is 372 g/mol. The van der Waals surface area contributed by atoms with Crippen molar-refractivity contribution < 1.29 is 5.11 Å². The fourth-order valence-electron chi connectivity index (χ4n) is 5.22. The maximum Gasteiger partial charge on any atom is 0.256 e. The van der Waals surface area contributed by atoms with Crippen LogP contribution in [-0.2, 0) is 18.6 Å². The Bertz CT molecular complexity index is 1150. The van der Waals surface area contributed by atoms with Gasteiger partial charge in [0.1, 0.15) is 0 Å². The molecule has 2 heterocycles. The van der Waals surface area contributed by atoms with Crippen LogP contribution in [0.2, 0.25) is 0 Å². The fourth-order valence-corrected chi connectivity index (χ4v) is 5.22. The maximum absolute atomic E-state index is 12.8. The molecule has 0 unspecified atom stereocenters. The van der Waals surface area contributed by atoms with Crippen LogP contribution in [-0.4, -0.2) is 34.2 Å². The van der Waals surface area contributed by atoms with Gasteiger partial charge in [-0.25, -0.2) is 0 Å². The molecule has 4 heteroatoms. The maximum atomic E-state index is 12.8. The van der Waals surface area contributed by atoms with Crippen LogP contribution >= 0.6 is 0 Å². The third-order valence-electron chi connectivity index (χ3n) is 6.93. The number of aliphatic hydroxyl groups excluding tert-OH is 1. The summed E-state index contributed by atoms with van der Waals surface area (Å²) in [5.41, 5.74) is 4.44. The van der Waals surface area contributed by atoms with E-state index in [-0.39, 0.29) is 17.6 Å². The number of allylic oxidation sites excluding steroid dienone is 1. The molecule has 1 N–H and O–H groups in total. The minimum atomic E-state index is -0.215. The zero-order valence-corrected chi connectivity index (χ0v) is 17.3. The van der Waals surface area contributed by atoms with Gasteiger partial charge in [0.2, 0.25) is 0 Å². The number of pyridine rings is 1. The van der Waals surface area contributed by atoms with E-state index >= 15 is 0 Å². The lowest BCUT2D eigenvalue weighted by Gasteiger charge is -2.39. The number of aryl methyl sites for hydroxylation is 1. The van der Waals surface area contributed by atoms with Gasteiger partial charge in [-0.2, -0.15) is 0 Å². The molecule has 4 nitrogen and oxygen atoms in total. The van der Waals surface area contributed by atoms with Crippen molar-refractivity contribution in [2.45, 2.75) is 37.8 Å². The smallest absolute Gasteiger partial charge is 0.256 e. The van der Waals surface area contributed by atoms with Gasteiger partial charge in [0, 0.05) is 17.5 Å². The second kappa shape index (κ2) is 7.86. The Morgan fingerprint density at radius 3 is 2.57 bits per heavy atom. The molecule has 2 aromatic carbocycles. The summed E-state index contributed by atoms with van der Waals surface area (Å²) in [4.78, 5) is 15.3. The van der Waals surface area contributed by atoms with E-state index in [1.165, 1.54) is 11.1 Å². The molecule has 3 aromatic rings. The first-order chi connectivity index (χ1) is 14.7. The zero-order valence-electron chi connectivity index (χ0n) is 17.3. The molecular formula is C26H28N2O2. The van der Waals surface area contributed by atoms with Gasteiger partial charge in [-0.15, -0.1) is 0 Å². The minimum Gasteiger partial charge on any atom is -0.391 e. The summed E-state index contributed by atoms with van der Waals surface area (Å²) in [6, 6.07) is 18.5. The van der Waals surface area contributed by atoms with Gasteiger partial charge >= 0.3 is 0 Å². The van der Waals surface area contributed by atoms with Gasteiger partial charge in [0.15, 0.2) is 0 Å². The number of aromatic nitrogens is 1. The average molecular weight is 401 g/mol. The van der Waals surface area contributed by atoms with E-state index in [4.69, 9.17) is 0 Å². The molecule has 1 spiro atoms. The Morgan fingerprint density at radius 1 is 0.967 bits per heavy atom. The molecule has 0 saturated carbocycles. The second-order valence-corrected chi connectivity index (χ2v) is 8.62. The molecule has 1 aromatic heterocycles. The summed E-state index contributed by atoms with van der Waals surface area (Å²) >= 11 is 0. The zero-order chi connectivity index (χ0) is 20.6. The van der Waals surface area contributed by atoms with Crippen LogP contribution < -0.4 is 5.56 Å². The molecule has 1 aliphatic carbocycles. The Balaban J connectivity index is 1.25. The average Bonchev–Trinajstić information content (AvgIpc) is 3.14. The highest BCUT2D eigenvalue weighted by Crippen LogP contribution is 2.43. The lowest BCUT2D eigenvalue weighted by Crippen LogP contribution is -2.41. The second-order valence-electron chi connectivity index (χ2n) is 8.62. The molecule has 2 aliphatic rings. The van der Waals surface area contributed by atoms with E-state index < -0.39 is 0 Å². The topological polar surface area (TPSA) is 45.5 Å². The van der Waals surface area contributed by atoms with Gasteiger partial charge < -0.3 is 14.6 Å². The number of hydrogen-bond donors (Lipinski definition) is 1. The van der Waals surface area contributed by atoms with Crippen molar-refractivity contribution in [1.29, 1.82) is 0 Å². The predicted molar refractivity (Wildman–Crippen MR) is 122 cm³/mol. The van der Waals surface area contributed by atoms with Crippen LogP contribution in [0.15, 0.2) is 65.5 Å². The highest BCUT2D eigenvalue weighted by Gasteiger charge is 2.37. The van der Waals surface area contributed by atoms with Gasteiger partial charge in [0.25, 0.3) is 5.56 Å². The summed E-state index contributed by atoms with van der Waals surface area (Å²) in [5.74, 6) is 0. The van der Waals surface area contributed by atoms with E-state index in [1.54, 1.807) is 0 Å². The molecule has 154 valence electrons. The molecule has 5 rings (SSSR count). The highest BCUT2D eigenvalue weighted by atomic mass is 16.3. The van der Waals surface area contributed by atoms with Crippen LogP contribution in [0, 0.1) is 0 Å². The fraction of sp³-hybridized carbons (Fsp3) is 0.346. The van der Waals surface area contributed by atoms with E-state index in [0.717, 1.165) is 49.8 Å². The Hall–Kier alpha value is -2.69. The van der Waals surface area contributed by atoms with Crippen LogP contribution in [0.25, 0.3) is 17.0 Å². The van der Waals surface area contributed by atoms with Crippen molar-refractivity contribution in [3.63, 3.8) is 0 Å². The molecule has 1 fully saturated rings. The van der Waals surface area contributed by atoms with Crippen LogP contribution in [0.4, 0.5) is 0 Å². The first kappa shape index (κ1) is 19.3. The van der Waals surface area contributed by atoms with Crippen molar-refractivity contribution in [2.24, 2.45) is 0 Å². The lowest BCUT2D eigenvalue weighted by atomic mass is 9.74. The Kier molecular flexibility index (Phi) is 5.05. The van der Waals surface area contributed by atoms with Crippen LogP contribution in [0.3, 0.4) is 0 Å². The summed E-state index contributed by atoms with van der Waals surface area (Å²) in [5, 5.41) is 10.6. The van der Waals surface area contributed by atoms with Crippen molar-refractivity contribution in [2.75, 3.05) is 19.6 Å². The number of likely N-dealkylation sites (tertiary alicyclic amines) is 1. The van der Waals surface area contributed by atoms with Gasteiger partial charge in [0.05, 0.1) is 12.1 Å². The van der Waals surface area contributed by atoms with E-state index in [2.05, 4.69) is 41.3 Å². The largest absolute Gasteiger partial charge is 0.391 e. The Morgan fingerprint density at radius 2 is 1.73 bits per heavy atom. The third kappa shape index (κ3) is 3.30. The molecule has 0 bridgehead atoms. The van der Waals surface area contributed by atoms with E-state index in [9.17, 15) is 9.90 Å². The highest BCUT2D eigenvalue weighted by molar-refractivity contribution is 5.79. The third-order valence-corrected chi connectivity index (χ3v) is 6.93. The number of para-hydroxylation sites is 1. The lowest BCUT2D eigenvalue weighted by molar-refractivity contribution is 0.180. The molecule has 0 radical (unpaired) electrons. The Labute approximate surface area is 177 Å². The monoisotopic (exact) mass is 400 g/mol. The quantitative estimate of drug-likeness (QED) is 0.706. The van der Waals surface area contributed by atoms with Crippen molar-refractivity contribution in [3.8, 4) is 0 Å². The number of rotatable bonds is 5. The summed E-state index contributed by atoms with van der Waals surface area (Å²) in [7, 11) is 0. The van der Waals surface area contributed by atoms with Crippen LogP contribution in [0.1, 0.15) is 36.0 Å². The molecule has 0 atom stereocenters.